The lowest BCUT2D eigenvalue weighted by Gasteiger charge is -2.23. The Balaban J connectivity index is 1.80. The number of anilines is 1. The maximum Gasteiger partial charge on any atom is 0.226 e. The summed E-state index contributed by atoms with van der Waals surface area (Å²) in [6, 6.07) is 13.1. The van der Waals surface area contributed by atoms with E-state index in [1.807, 2.05) is 32.9 Å². The number of benzene rings is 2. The third-order valence-electron chi connectivity index (χ3n) is 5.24. The van der Waals surface area contributed by atoms with Gasteiger partial charge in [-0.25, -0.2) is 4.68 Å². The van der Waals surface area contributed by atoms with E-state index in [-0.39, 0.29) is 18.1 Å². The molecule has 0 spiro atoms. The van der Waals surface area contributed by atoms with Gasteiger partial charge >= 0.3 is 0 Å². The van der Waals surface area contributed by atoms with Gasteiger partial charge in [-0.3, -0.25) is 9.59 Å². The first kappa shape index (κ1) is 18.9. The molecule has 1 amide bonds. The molecule has 0 bridgehead atoms. The number of rotatable bonds is 4. The quantitative estimate of drug-likeness (QED) is 0.682. The van der Waals surface area contributed by atoms with Crippen LogP contribution >= 0.6 is 0 Å². The maximum atomic E-state index is 13.3. The Bertz CT molecular complexity index is 1090. The molecular weight excluding hydrogens is 366 g/mol. The number of ether oxygens (including phenoxy) is 1. The molecule has 0 aliphatic carbocycles. The highest BCUT2D eigenvalue weighted by atomic mass is 16.5. The van der Waals surface area contributed by atoms with Gasteiger partial charge in [0.15, 0.2) is 5.78 Å². The van der Waals surface area contributed by atoms with E-state index in [9.17, 15) is 9.59 Å². The van der Waals surface area contributed by atoms with Gasteiger partial charge in [-0.05, 0) is 68.3 Å². The van der Waals surface area contributed by atoms with E-state index >= 15 is 0 Å². The molecule has 1 aliphatic rings. The Morgan fingerprint density at radius 1 is 1.10 bits per heavy atom. The second-order valence-electron chi connectivity index (χ2n) is 7.50. The Labute approximate surface area is 169 Å². The summed E-state index contributed by atoms with van der Waals surface area (Å²) in [5, 5.41) is 7.59. The van der Waals surface area contributed by atoms with Crippen molar-refractivity contribution in [3.8, 4) is 11.4 Å². The number of hydrogen-bond donors (Lipinski definition) is 1. The second-order valence-corrected chi connectivity index (χ2v) is 7.50. The summed E-state index contributed by atoms with van der Waals surface area (Å²) in [6.07, 6.45) is 0.108. The van der Waals surface area contributed by atoms with Gasteiger partial charge in [-0.1, -0.05) is 6.07 Å². The molecule has 0 radical (unpaired) electrons. The number of carbonyl (C=O) groups is 2. The molecule has 2 aromatic carbocycles. The van der Waals surface area contributed by atoms with Crippen LogP contribution in [0.25, 0.3) is 5.69 Å². The third-order valence-corrected chi connectivity index (χ3v) is 5.24. The van der Waals surface area contributed by atoms with Gasteiger partial charge in [0.05, 0.1) is 24.4 Å². The fourth-order valence-electron chi connectivity index (χ4n) is 3.99. The van der Waals surface area contributed by atoms with Gasteiger partial charge in [0, 0.05) is 17.5 Å². The minimum absolute atomic E-state index is 0.0909. The molecule has 2 heterocycles. The number of aryl methyl sites for hydroxylation is 3. The standard InChI is InChI=1S/C23H23N3O3/c1-13-9-14(2)11-17(10-13)26-23-21(15(3)25-26)19(12-20(27)24-23)22(28)16-5-7-18(29-4)8-6-16/h5-11,19H,12H2,1-4H3,(H,24,27). The molecule has 1 atom stereocenters. The SMILES string of the molecule is COc1ccc(C(=O)C2CC(=O)Nc3c2c(C)nn3-c2cc(C)cc(C)c2)cc1. The summed E-state index contributed by atoms with van der Waals surface area (Å²) in [4.78, 5) is 25.7. The fraction of sp³-hybridized carbons (Fsp3) is 0.261. The maximum absolute atomic E-state index is 13.3. The van der Waals surface area contributed by atoms with Crippen molar-refractivity contribution in [1.82, 2.24) is 9.78 Å². The van der Waals surface area contributed by atoms with Crippen LogP contribution in [-0.4, -0.2) is 28.6 Å². The predicted octanol–water partition coefficient (Wildman–Crippen LogP) is 4.11. The van der Waals surface area contributed by atoms with Gasteiger partial charge in [0.25, 0.3) is 0 Å². The van der Waals surface area contributed by atoms with Crippen molar-refractivity contribution in [3.63, 3.8) is 0 Å². The van der Waals surface area contributed by atoms with Crippen LogP contribution in [0, 0.1) is 20.8 Å². The van der Waals surface area contributed by atoms with Gasteiger partial charge in [-0.15, -0.1) is 0 Å². The molecular formula is C23H23N3O3. The summed E-state index contributed by atoms with van der Waals surface area (Å²) in [5.41, 5.74) is 5.15. The largest absolute Gasteiger partial charge is 0.497 e. The Morgan fingerprint density at radius 2 is 1.76 bits per heavy atom. The van der Waals surface area contributed by atoms with Gasteiger partial charge in [0.1, 0.15) is 11.6 Å². The zero-order valence-corrected chi connectivity index (χ0v) is 16.9. The average molecular weight is 389 g/mol. The van der Waals surface area contributed by atoms with Gasteiger partial charge in [0.2, 0.25) is 5.91 Å². The van der Waals surface area contributed by atoms with E-state index in [1.54, 1.807) is 36.1 Å². The second kappa shape index (κ2) is 7.20. The first-order valence-corrected chi connectivity index (χ1v) is 9.53. The highest BCUT2D eigenvalue weighted by molar-refractivity contribution is 6.08. The van der Waals surface area contributed by atoms with Crippen LogP contribution < -0.4 is 10.1 Å². The summed E-state index contributed by atoms with van der Waals surface area (Å²) >= 11 is 0. The van der Waals surface area contributed by atoms with Crippen molar-refractivity contribution < 1.29 is 14.3 Å². The van der Waals surface area contributed by atoms with Gasteiger partial charge in [-0.2, -0.15) is 5.10 Å². The van der Waals surface area contributed by atoms with Crippen molar-refractivity contribution in [3.05, 3.63) is 70.4 Å². The molecule has 0 fully saturated rings. The van der Waals surface area contributed by atoms with Gasteiger partial charge < -0.3 is 10.1 Å². The van der Waals surface area contributed by atoms with E-state index in [0.717, 1.165) is 28.1 Å². The molecule has 6 heteroatoms. The van der Waals surface area contributed by atoms with Crippen LogP contribution in [0.1, 0.15) is 45.1 Å². The summed E-state index contributed by atoms with van der Waals surface area (Å²) in [7, 11) is 1.58. The molecule has 1 N–H and O–H groups in total. The number of amides is 1. The van der Waals surface area contributed by atoms with E-state index in [4.69, 9.17) is 4.74 Å². The number of Topliss-reactive ketones (excluding diaryl/α,β-unsaturated/α-hetero) is 1. The number of nitrogens with zero attached hydrogens (tertiary/aromatic N) is 2. The van der Waals surface area contributed by atoms with Crippen LogP contribution in [0.5, 0.6) is 5.75 Å². The van der Waals surface area contributed by atoms with Crippen LogP contribution in [0.15, 0.2) is 42.5 Å². The van der Waals surface area contributed by atoms with E-state index in [0.29, 0.717) is 17.1 Å². The molecule has 0 saturated heterocycles. The van der Waals surface area contributed by atoms with Crippen LogP contribution in [0.3, 0.4) is 0 Å². The smallest absolute Gasteiger partial charge is 0.226 e. The van der Waals surface area contributed by atoms with Crippen molar-refractivity contribution in [2.24, 2.45) is 0 Å². The van der Waals surface area contributed by atoms with Crippen LogP contribution in [-0.2, 0) is 4.79 Å². The van der Waals surface area contributed by atoms with Crippen molar-refractivity contribution in [1.29, 1.82) is 0 Å². The summed E-state index contributed by atoms with van der Waals surface area (Å²) in [5.74, 6) is 0.423. The predicted molar refractivity (Wildman–Crippen MR) is 111 cm³/mol. The zero-order valence-electron chi connectivity index (χ0n) is 16.9. The fourth-order valence-corrected chi connectivity index (χ4v) is 3.99. The van der Waals surface area contributed by atoms with Crippen molar-refractivity contribution in [2.75, 3.05) is 12.4 Å². The summed E-state index contributed by atoms with van der Waals surface area (Å²) < 4.78 is 6.90. The normalized spacial score (nSPS) is 15.6. The number of nitrogens with one attached hydrogen (secondary N) is 1. The van der Waals surface area contributed by atoms with Crippen molar-refractivity contribution >= 4 is 17.5 Å². The molecule has 3 aromatic rings. The molecule has 6 nitrogen and oxygen atoms in total. The molecule has 148 valence electrons. The lowest BCUT2D eigenvalue weighted by Crippen LogP contribution is -2.28. The number of carbonyl (C=O) groups excluding carboxylic acids is 2. The Kier molecular flexibility index (Phi) is 4.70. The lowest BCUT2D eigenvalue weighted by atomic mass is 9.85. The highest BCUT2D eigenvalue weighted by Gasteiger charge is 2.36. The minimum atomic E-state index is -0.563. The molecule has 4 rings (SSSR count). The summed E-state index contributed by atoms with van der Waals surface area (Å²) in [6.45, 7) is 5.92. The lowest BCUT2D eigenvalue weighted by molar-refractivity contribution is -0.116. The van der Waals surface area contributed by atoms with Crippen LogP contribution in [0.2, 0.25) is 0 Å². The van der Waals surface area contributed by atoms with Crippen molar-refractivity contribution in [2.45, 2.75) is 33.1 Å². The third kappa shape index (κ3) is 3.42. The van der Waals surface area contributed by atoms with Crippen LogP contribution in [0.4, 0.5) is 5.82 Å². The van der Waals surface area contributed by atoms with E-state index in [2.05, 4.69) is 16.5 Å². The molecule has 1 unspecified atom stereocenters. The number of ketones is 1. The first-order chi connectivity index (χ1) is 13.9. The molecule has 29 heavy (non-hydrogen) atoms. The number of fused-ring (bicyclic) bond motifs is 1. The van der Waals surface area contributed by atoms with E-state index < -0.39 is 5.92 Å². The number of hydrogen-bond acceptors (Lipinski definition) is 4. The Morgan fingerprint density at radius 3 is 2.38 bits per heavy atom. The Hall–Kier alpha value is -3.41. The topological polar surface area (TPSA) is 73.2 Å². The molecule has 0 saturated carbocycles. The monoisotopic (exact) mass is 389 g/mol. The number of aromatic nitrogens is 2. The first-order valence-electron chi connectivity index (χ1n) is 9.53. The zero-order chi connectivity index (χ0) is 20.7. The molecule has 1 aromatic heterocycles. The minimum Gasteiger partial charge on any atom is -0.497 e. The highest BCUT2D eigenvalue weighted by Crippen LogP contribution is 2.38. The number of methoxy groups -OCH3 is 1. The average Bonchev–Trinajstić information content (AvgIpc) is 3.02. The van der Waals surface area contributed by atoms with E-state index in [1.165, 1.54) is 0 Å². The molecule has 1 aliphatic heterocycles.